The molecule has 2 aromatic heterocycles. The van der Waals surface area contributed by atoms with Gasteiger partial charge in [0, 0.05) is 40.3 Å². The number of benzene rings is 2. The zero-order valence-electron chi connectivity index (χ0n) is 29.5. The normalized spacial score (nSPS) is 21.5. The van der Waals surface area contributed by atoms with Gasteiger partial charge in [0.2, 0.25) is 11.8 Å². The topological polar surface area (TPSA) is 159 Å². The van der Waals surface area contributed by atoms with E-state index in [4.69, 9.17) is 14.5 Å². The molecule has 4 N–H and O–H groups in total. The van der Waals surface area contributed by atoms with Crippen LogP contribution >= 0.6 is 11.3 Å². The number of nitrogens with zero attached hydrogens (tertiary/aromatic N) is 2. The van der Waals surface area contributed by atoms with Crippen molar-refractivity contribution >= 4 is 46.1 Å². The van der Waals surface area contributed by atoms with Crippen LogP contribution in [0.25, 0.3) is 22.2 Å². The largest absolute Gasteiger partial charge is 0.497 e. The maximum absolute atomic E-state index is 14.2. The third-order valence-electron chi connectivity index (χ3n) is 9.61. The van der Waals surface area contributed by atoms with Crippen molar-refractivity contribution in [3.05, 3.63) is 89.6 Å². The molecule has 0 radical (unpaired) electrons. The summed E-state index contributed by atoms with van der Waals surface area (Å²) in [4.78, 5) is 61.0. The van der Waals surface area contributed by atoms with Gasteiger partial charge in [0.15, 0.2) is 0 Å². The van der Waals surface area contributed by atoms with Gasteiger partial charge in [-0.25, -0.2) is 14.6 Å². The zero-order chi connectivity index (χ0) is 37.2. The standard InChI is InChI=1S/C39H43N5O7S/c1-6-24-20-39(24,36(47)48)43-34(45)31-18-26(22-44(31)37(49)42-33(38(2,3)4)35(46)40-21-27-13-10-16-52-27)51-32-19-29(23-11-8-7-9-12-23)41-30-17-25(50-5)14-15-28(30)32/h6-17,19,24,26,31,33H,1,18,20-22H2,2-5H3,(H,40,46)(H,42,49)(H,43,45)(H,47,48)/t24?,26-,31+,33-,39-/m1/s1. The third-order valence-corrected chi connectivity index (χ3v) is 10.5. The van der Waals surface area contributed by atoms with Crippen LogP contribution in [0.3, 0.4) is 0 Å². The zero-order valence-corrected chi connectivity index (χ0v) is 30.4. The molecule has 3 heterocycles. The smallest absolute Gasteiger partial charge is 0.330 e. The van der Waals surface area contributed by atoms with Crippen LogP contribution in [-0.2, 0) is 20.9 Å². The highest BCUT2D eigenvalue weighted by atomic mass is 32.1. The van der Waals surface area contributed by atoms with E-state index >= 15 is 0 Å². The highest BCUT2D eigenvalue weighted by Crippen LogP contribution is 2.45. The summed E-state index contributed by atoms with van der Waals surface area (Å²) >= 11 is 1.51. The van der Waals surface area contributed by atoms with Crippen molar-refractivity contribution in [2.75, 3.05) is 13.7 Å². The van der Waals surface area contributed by atoms with Gasteiger partial charge in [-0.1, -0.05) is 63.2 Å². The van der Waals surface area contributed by atoms with Crippen molar-refractivity contribution in [2.45, 2.75) is 63.9 Å². The van der Waals surface area contributed by atoms with Crippen molar-refractivity contribution in [3.8, 4) is 22.8 Å². The third kappa shape index (κ3) is 7.59. The Morgan fingerprint density at radius 3 is 2.52 bits per heavy atom. The molecule has 1 unspecified atom stereocenters. The number of urea groups is 1. The number of thiophene rings is 1. The van der Waals surface area contributed by atoms with Crippen LogP contribution in [0.2, 0.25) is 0 Å². The summed E-state index contributed by atoms with van der Waals surface area (Å²) in [6.07, 6.45) is 1.10. The number of aromatic nitrogens is 1. The van der Waals surface area contributed by atoms with Gasteiger partial charge in [-0.15, -0.1) is 17.9 Å². The minimum atomic E-state index is -1.50. The number of fused-ring (bicyclic) bond motifs is 1. The van der Waals surface area contributed by atoms with Crippen molar-refractivity contribution in [3.63, 3.8) is 0 Å². The number of carbonyl (C=O) groups excluding carboxylic acids is 3. The fraction of sp³-hybridized carbons (Fsp3) is 0.359. The molecule has 6 rings (SSSR count). The van der Waals surface area contributed by atoms with E-state index in [-0.39, 0.29) is 25.3 Å². The minimum absolute atomic E-state index is 0.0107. The number of likely N-dealkylation sites (tertiary alicyclic amines) is 1. The number of carbonyl (C=O) groups is 4. The Hall–Kier alpha value is -5.43. The number of rotatable bonds is 12. The van der Waals surface area contributed by atoms with Crippen LogP contribution < -0.4 is 25.4 Å². The van der Waals surface area contributed by atoms with Gasteiger partial charge >= 0.3 is 12.0 Å². The predicted molar refractivity (Wildman–Crippen MR) is 198 cm³/mol. The first-order chi connectivity index (χ1) is 24.8. The van der Waals surface area contributed by atoms with Gasteiger partial charge in [0.05, 0.1) is 31.4 Å². The van der Waals surface area contributed by atoms with Crippen molar-refractivity contribution < 1.29 is 33.8 Å². The molecule has 1 saturated carbocycles. The molecule has 5 atom stereocenters. The molecule has 52 heavy (non-hydrogen) atoms. The molecule has 2 aromatic carbocycles. The van der Waals surface area contributed by atoms with E-state index in [9.17, 15) is 24.3 Å². The Morgan fingerprint density at radius 2 is 1.88 bits per heavy atom. The van der Waals surface area contributed by atoms with Gasteiger partial charge in [0.25, 0.3) is 0 Å². The predicted octanol–water partition coefficient (Wildman–Crippen LogP) is 5.38. The Morgan fingerprint density at radius 1 is 1.12 bits per heavy atom. The lowest BCUT2D eigenvalue weighted by atomic mass is 9.86. The van der Waals surface area contributed by atoms with Crippen LogP contribution in [-0.4, -0.2) is 76.2 Å². The van der Waals surface area contributed by atoms with E-state index in [0.717, 1.165) is 10.4 Å². The fourth-order valence-electron chi connectivity index (χ4n) is 6.58. The lowest BCUT2D eigenvalue weighted by Crippen LogP contribution is -2.59. The highest BCUT2D eigenvalue weighted by Gasteiger charge is 2.61. The lowest BCUT2D eigenvalue weighted by Gasteiger charge is -2.33. The molecule has 1 aliphatic carbocycles. The number of carboxylic acid groups (broad SMARTS) is 1. The molecule has 2 fully saturated rings. The molecule has 2 aliphatic rings. The van der Waals surface area contributed by atoms with Crippen molar-refractivity contribution in [1.29, 1.82) is 0 Å². The summed E-state index contributed by atoms with van der Waals surface area (Å²) < 4.78 is 12.1. The van der Waals surface area contributed by atoms with Crippen LogP contribution in [0, 0.1) is 11.3 Å². The second-order valence-corrected chi connectivity index (χ2v) is 15.3. The van der Waals surface area contributed by atoms with E-state index in [1.807, 2.05) is 86.8 Å². The molecular weight excluding hydrogens is 683 g/mol. The van der Waals surface area contributed by atoms with Gasteiger partial charge in [-0.3, -0.25) is 9.59 Å². The summed E-state index contributed by atoms with van der Waals surface area (Å²) in [5.74, 6) is -1.50. The van der Waals surface area contributed by atoms with Crippen molar-refractivity contribution in [1.82, 2.24) is 25.8 Å². The molecule has 0 spiro atoms. The number of nitrogens with one attached hydrogen (secondary N) is 3. The van der Waals surface area contributed by atoms with Crippen LogP contribution in [0.1, 0.15) is 38.5 Å². The van der Waals surface area contributed by atoms with E-state index in [1.165, 1.54) is 22.3 Å². The average Bonchev–Trinajstić information content (AvgIpc) is 3.40. The summed E-state index contributed by atoms with van der Waals surface area (Å²) in [5.41, 5.74) is -0.0290. The minimum Gasteiger partial charge on any atom is -0.497 e. The number of amides is 4. The summed E-state index contributed by atoms with van der Waals surface area (Å²) in [6, 6.07) is 18.0. The van der Waals surface area contributed by atoms with E-state index in [0.29, 0.717) is 34.6 Å². The SMILES string of the molecule is C=CC1C[C@]1(NC(=O)[C@@H]1C[C@@H](Oc2cc(-c3ccccc3)nc3cc(OC)ccc23)CN1C(=O)N[C@H](C(=O)NCc1cccs1)C(C)(C)C)C(=O)O. The molecular formula is C39H43N5O7S. The maximum atomic E-state index is 14.2. The first kappa shape index (κ1) is 36.4. The lowest BCUT2D eigenvalue weighted by molar-refractivity contribution is -0.144. The van der Waals surface area contributed by atoms with Gasteiger partial charge in [-0.2, -0.15) is 0 Å². The van der Waals surface area contributed by atoms with E-state index < -0.39 is 53.0 Å². The number of ether oxygens (including phenoxy) is 2. The second kappa shape index (κ2) is 14.7. The number of hydrogen-bond acceptors (Lipinski definition) is 8. The average molecular weight is 726 g/mol. The van der Waals surface area contributed by atoms with Crippen molar-refractivity contribution in [2.24, 2.45) is 11.3 Å². The number of carboxylic acids is 1. The fourth-order valence-corrected chi connectivity index (χ4v) is 7.23. The maximum Gasteiger partial charge on any atom is 0.330 e. The molecule has 4 amide bonds. The van der Waals surface area contributed by atoms with Crippen LogP contribution in [0.5, 0.6) is 11.5 Å². The Labute approximate surface area is 306 Å². The van der Waals surface area contributed by atoms with Crippen LogP contribution in [0.15, 0.2) is 84.8 Å². The number of pyridine rings is 1. The number of hydrogen-bond donors (Lipinski definition) is 4. The first-order valence-electron chi connectivity index (χ1n) is 17.1. The second-order valence-electron chi connectivity index (χ2n) is 14.3. The van der Waals surface area contributed by atoms with E-state index in [1.54, 1.807) is 13.2 Å². The monoisotopic (exact) mass is 725 g/mol. The van der Waals surface area contributed by atoms with Crippen LogP contribution in [0.4, 0.5) is 4.79 Å². The molecule has 13 heteroatoms. The Balaban J connectivity index is 1.30. The molecule has 1 aliphatic heterocycles. The molecule has 272 valence electrons. The van der Waals surface area contributed by atoms with E-state index in [2.05, 4.69) is 22.5 Å². The Bertz CT molecular complexity index is 1980. The molecule has 1 saturated heterocycles. The summed E-state index contributed by atoms with van der Waals surface area (Å²) in [7, 11) is 1.58. The Kier molecular flexibility index (Phi) is 10.3. The highest BCUT2D eigenvalue weighted by molar-refractivity contribution is 7.09. The summed E-state index contributed by atoms with van der Waals surface area (Å²) in [6.45, 7) is 9.54. The van der Waals surface area contributed by atoms with Gasteiger partial charge < -0.3 is 35.4 Å². The number of methoxy groups -OCH3 is 1. The molecule has 12 nitrogen and oxygen atoms in total. The van der Waals surface area contributed by atoms with Gasteiger partial charge in [0.1, 0.15) is 35.2 Å². The number of aliphatic carboxylic acids is 1. The summed E-state index contributed by atoms with van der Waals surface area (Å²) in [5, 5.41) is 21.1. The van der Waals surface area contributed by atoms with Gasteiger partial charge in [-0.05, 0) is 35.4 Å². The molecule has 0 bridgehead atoms. The quantitative estimate of drug-likeness (QED) is 0.142. The molecule has 4 aromatic rings. The first-order valence-corrected chi connectivity index (χ1v) is 18.0.